The summed E-state index contributed by atoms with van der Waals surface area (Å²) in [4.78, 5) is 17.7. The van der Waals surface area contributed by atoms with Crippen molar-refractivity contribution >= 4 is 34.6 Å². The molecular weight excluding hydrogens is 363 g/mol. The van der Waals surface area contributed by atoms with E-state index in [1.165, 1.54) is 24.6 Å². The van der Waals surface area contributed by atoms with Gasteiger partial charge in [-0.05, 0) is 30.3 Å². The first-order chi connectivity index (χ1) is 12.3. The number of nitrogens with one attached hydrogen (secondary N) is 1. The molecule has 0 aromatic carbocycles. The maximum Gasteiger partial charge on any atom is 0.431 e. The number of amides is 1. The predicted octanol–water partition coefficient (Wildman–Crippen LogP) is 4.66. The van der Waals surface area contributed by atoms with Gasteiger partial charge in [0.25, 0.3) is 5.91 Å². The van der Waals surface area contributed by atoms with Crippen molar-refractivity contribution < 1.29 is 18.0 Å². The van der Waals surface area contributed by atoms with Gasteiger partial charge >= 0.3 is 6.18 Å². The number of hydrogen-bond donors (Lipinski definition) is 1. The molecule has 8 heteroatoms. The first-order valence-corrected chi connectivity index (χ1v) is 8.46. The van der Waals surface area contributed by atoms with Crippen LogP contribution in [0.1, 0.15) is 16.1 Å². The highest BCUT2D eigenvalue weighted by Crippen LogP contribution is 2.38. The predicted molar refractivity (Wildman–Crippen MR) is 94.5 cm³/mol. The number of aromatic nitrogens is 2. The molecule has 0 unspecified atom stereocenters. The lowest BCUT2D eigenvalue weighted by molar-refractivity contribution is -0.143. The summed E-state index contributed by atoms with van der Waals surface area (Å²) >= 11 is 1.32. The first-order valence-electron chi connectivity index (χ1n) is 7.64. The first kappa shape index (κ1) is 16.6. The Balaban J connectivity index is 1.69. The molecule has 0 saturated carbocycles. The van der Waals surface area contributed by atoms with Crippen LogP contribution in [0.4, 0.5) is 18.9 Å². The summed E-state index contributed by atoms with van der Waals surface area (Å²) in [6, 6.07) is 6.39. The zero-order valence-electron chi connectivity index (χ0n) is 13.5. The van der Waals surface area contributed by atoms with Crippen molar-refractivity contribution in [2.45, 2.75) is 6.18 Å². The maximum atomic E-state index is 13.0. The number of pyridine rings is 1. The van der Waals surface area contributed by atoms with E-state index in [9.17, 15) is 18.0 Å². The lowest BCUT2D eigenvalue weighted by Crippen LogP contribution is -2.09. The zero-order chi connectivity index (χ0) is 18.5. The van der Waals surface area contributed by atoms with Crippen LogP contribution in [0.2, 0.25) is 0 Å². The number of carbonyl (C=O) groups is 1. The minimum atomic E-state index is -4.40. The standard InChI is InChI=1S/C18H12F3N3OS/c1-24-9-10(6-16(24)18(19,20)21)15-3-2-11(26-15)7-12-13-8-22-5-4-14(13)23-17(12)25/h2-9H,1H3,(H,23,25). The Hall–Kier alpha value is -2.87. The fraction of sp³-hybridized carbons (Fsp3) is 0.111. The molecule has 1 N–H and O–H groups in total. The average Bonchev–Trinajstić information content (AvgIpc) is 3.25. The van der Waals surface area contributed by atoms with Gasteiger partial charge in [-0.3, -0.25) is 9.78 Å². The van der Waals surface area contributed by atoms with Crippen molar-refractivity contribution in [1.29, 1.82) is 0 Å². The van der Waals surface area contributed by atoms with Gasteiger partial charge < -0.3 is 9.88 Å². The molecule has 1 amide bonds. The van der Waals surface area contributed by atoms with Crippen molar-refractivity contribution in [2.24, 2.45) is 7.05 Å². The molecule has 0 saturated heterocycles. The lowest BCUT2D eigenvalue weighted by Gasteiger charge is -2.05. The molecule has 4 heterocycles. The van der Waals surface area contributed by atoms with Gasteiger partial charge in [0.15, 0.2) is 0 Å². The van der Waals surface area contributed by atoms with Crippen molar-refractivity contribution in [2.75, 3.05) is 5.32 Å². The summed E-state index contributed by atoms with van der Waals surface area (Å²) in [5.74, 6) is -0.220. The van der Waals surface area contributed by atoms with Crippen LogP contribution in [0.15, 0.2) is 42.9 Å². The number of aryl methyl sites for hydroxylation is 1. The minimum Gasteiger partial charge on any atom is -0.346 e. The Labute approximate surface area is 150 Å². The number of halogens is 3. The van der Waals surface area contributed by atoms with Crippen LogP contribution < -0.4 is 5.32 Å². The third-order valence-corrected chi connectivity index (χ3v) is 5.18. The van der Waals surface area contributed by atoms with E-state index >= 15 is 0 Å². The number of alkyl halides is 3. The summed E-state index contributed by atoms with van der Waals surface area (Å²) < 4.78 is 39.9. The van der Waals surface area contributed by atoms with Gasteiger partial charge in [-0.15, -0.1) is 11.3 Å². The molecule has 0 radical (unpaired) electrons. The number of hydrogen-bond acceptors (Lipinski definition) is 3. The van der Waals surface area contributed by atoms with E-state index in [2.05, 4.69) is 10.3 Å². The highest BCUT2D eigenvalue weighted by Gasteiger charge is 2.34. The molecule has 0 atom stereocenters. The Kier molecular flexibility index (Phi) is 3.73. The third-order valence-electron chi connectivity index (χ3n) is 4.10. The number of anilines is 1. The molecule has 4 nitrogen and oxygen atoms in total. The van der Waals surface area contributed by atoms with Gasteiger partial charge in [0, 0.05) is 46.5 Å². The summed E-state index contributed by atoms with van der Waals surface area (Å²) in [6.07, 6.45) is 1.99. The van der Waals surface area contributed by atoms with E-state index in [1.807, 2.05) is 0 Å². The molecule has 0 aliphatic carbocycles. The summed E-state index contributed by atoms with van der Waals surface area (Å²) in [5, 5.41) is 2.76. The fourth-order valence-corrected chi connectivity index (χ4v) is 3.81. The van der Waals surface area contributed by atoms with Crippen LogP contribution in [0.25, 0.3) is 22.1 Å². The molecule has 4 rings (SSSR count). The normalized spacial score (nSPS) is 15.4. The second-order valence-corrected chi connectivity index (χ2v) is 6.97. The number of rotatable bonds is 2. The Morgan fingerprint density at radius 3 is 2.81 bits per heavy atom. The molecule has 0 fully saturated rings. The average molecular weight is 375 g/mol. The topological polar surface area (TPSA) is 46.9 Å². The van der Waals surface area contributed by atoms with E-state index in [0.29, 0.717) is 27.3 Å². The minimum absolute atomic E-state index is 0.220. The van der Waals surface area contributed by atoms with Crippen molar-refractivity contribution in [3.8, 4) is 10.4 Å². The van der Waals surface area contributed by atoms with Gasteiger partial charge in [-0.1, -0.05) is 0 Å². The molecular formula is C18H12F3N3OS. The Morgan fingerprint density at radius 2 is 2.08 bits per heavy atom. The summed E-state index contributed by atoms with van der Waals surface area (Å²) in [6.45, 7) is 0. The molecule has 1 aliphatic heterocycles. The maximum absolute atomic E-state index is 13.0. The van der Waals surface area contributed by atoms with Gasteiger partial charge in [0.2, 0.25) is 0 Å². The lowest BCUT2D eigenvalue weighted by atomic mass is 10.1. The number of nitrogens with zero attached hydrogens (tertiary/aromatic N) is 2. The van der Waals surface area contributed by atoms with Crippen molar-refractivity contribution in [1.82, 2.24) is 9.55 Å². The summed E-state index contributed by atoms with van der Waals surface area (Å²) in [5.41, 5.74) is 1.70. The third kappa shape index (κ3) is 2.82. The van der Waals surface area contributed by atoms with E-state index in [0.717, 1.165) is 15.5 Å². The Bertz CT molecular complexity index is 1050. The molecule has 3 aromatic heterocycles. The van der Waals surface area contributed by atoms with Gasteiger partial charge in [-0.2, -0.15) is 13.2 Å². The molecule has 0 bridgehead atoms. The zero-order valence-corrected chi connectivity index (χ0v) is 14.3. The van der Waals surface area contributed by atoms with Crippen LogP contribution in [0.5, 0.6) is 0 Å². The van der Waals surface area contributed by atoms with Crippen LogP contribution in [0, 0.1) is 0 Å². The van der Waals surface area contributed by atoms with Gasteiger partial charge in [-0.25, -0.2) is 0 Å². The largest absolute Gasteiger partial charge is 0.431 e. The molecule has 0 spiro atoms. The highest BCUT2D eigenvalue weighted by atomic mass is 32.1. The number of carbonyl (C=O) groups excluding carboxylic acids is 1. The van der Waals surface area contributed by atoms with E-state index in [-0.39, 0.29) is 5.91 Å². The molecule has 132 valence electrons. The van der Waals surface area contributed by atoms with Crippen molar-refractivity contribution in [3.05, 3.63) is 59.0 Å². The quantitative estimate of drug-likeness (QED) is 0.662. The second kappa shape index (κ2) is 5.84. The number of thiophene rings is 1. The molecule has 26 heavy (non-hydrogen) atoms. The SMILES string of the molecule is Cn1cc(-c2ccc(C=C3C(=O)Nc4ccncc43)s2)cc1C(F)(F)F. The summed E-state index contributed by atoms with van der Waals surface area (Å²) in [7, 11) is 1.37. The fourth-order valence-electron chi connectivity index (χ4n) is 2.88. The smallest absolute Gasteiger partial charge is 0.346 e. The van der Waals surface area contributed by atoms with Crippen molar-refractivity contribution in [3.63, 3.8) is 0 Å². The van der Waals surface area contributed by atoms with Gasteiger partial charge in [0.05, 0.1) is 11.3 Å². The van der Waals surface area contributed by atoms with Gasteiger partial charge in [0.1, 0.15) is 5.69 Å². The molecule has 3 aromatic rings. The molecule has 1 aliphatic rings. The van der Waals surface area contributed by atoms with E-state index in [4.69, 9.17) is 0 Å². The van der Waals surface area contributed by atoms with Crippen LogP contribution in [0.3, 0.4) is 0 Å². The van der Waals surface area contributed by atoms with Crippen LogP contribution in [-0.2, 0) is 18.0 Å². The van der Waals surface area contributed by atoms with Crippen LogP contribution in [-0.4, -0.2) is 15.5 Å². The van der Waals surface area contributed by atoms with E-state index in [1.54, 1.807) is 36.7 Å². The second-order valence-electron chi connectivity index (χ2n) is 5.86. The monoisotopic (exact) mass is 375 g/mol. The number of fused-ring (bicyclic) bond motifs is 1. The highest BCUT2D eigenvalue weighted by molar-refractivity contribution is 7.16. The van der Waals surface area contributed by atoms with E-state index < -0.39 is 11.9 Å². The Morgan fingerprint density at radius 1 is 1.27 bits per heavy atom. The van der Waals surface area contributed by atoms with Crippen LogP contribution >= 0.6 is 11.3 Å².